The smallest absolute Gasteiger partial charge is 0.323 e. The number of nitrogens with zero attached hydrogens (tertiary/aromatic N) is 1. The van der Waals surface area contributed by atoms with E-state index in [2.05, 4.69) is 20.9 Å². The number of carbonyl (C=O) groups is 2. The van der Waals surface area contributed by atoms with Gasteiger partial charge in [-0.25, -0.2) is 4.79 Å². The molecule has 0 radical (unpaired) electrons. The number of nitrogens with two attached hydrogens (primary N) is 1. The second kappa shape index (κ2) is 10.9. The highest BCUT2D eigenvalue weighted by Crippen LogP contribution is 2.11. The van der Waals surface area contributed by atoms with Crippen LogP contribution in [0.3, 0.4) is 0 Å². The number of carboxylic acids is 1. The van der Waals surface area contributed by atoms with E-state index in [4.69, 9.17) is 5.73 Å². The monoisotopic (exact) mass is 371 g/mol. The topological polar surface area (TPSA) is 129 Å². The number of urea groups is 1. The van der Waals surface area contributed by atoms with Gasteiger partial charge in [0.2, 0.25) is 0 Å². The molecule has 0 aliphatic heterocycles. The SMILES string of the molecule is NCCCC[C@H](NCc1ccc(NC(=O)Nc2ccncc2)cc1)C(=O)O. The fourth-order valence-corrected chi connectivity index (χ4v) is 2.48. The lowest BCUT2D eigenvalue weighted by Crippen LogP contribution is -2.36. The Bertz CT molecular complexity index is 722. The van der Waals surface area contributed by atoms with Crippen LogP contribution in [0, 0.1) is 0 Å². The number of amides is 2. The van der Waals surface area contributed by atoms with Crippen molar-refractivity contribution in [3.8, 4) is 0 Å². The summed E-state index contributed by atoms with van der Waals surface area (Å²) in [5, 5.41) is 17.7. The zero-order chi connectivity index (χ0) is 19.5. The molecule has 0 aliphatic rings. The maximum atomic E-state index is 12.0. The van der Waals surface area contributed by atoms with Gasteiger partial charge in [0.05, 0.1) is 0 Å². The van der Waals surface area contributed by atoms with Crippen LogP contribution in [-0.2, 0) is 11.3 Å². The first-order valence-corrected chi connectivity index (χ1v) is 8.81. The summed E-state index contributed by atoms with van der Waals surface area (Å²) in [6.45, 7) is 0.999. The van der Waals surface area contributed by atoms with Crippen LogP contribution in [0.1, 0.15) is 24.8 Å². The van der Waals surface area contributed by atoms with Gasteiger partial charge in [-0.15, -0.1) is 0 Å². The fourth-order valence-electron chi connectivity index (χ4n) is 2.48. The van der Waals surface area contributed by atoms with E-state index in [0.717, 1.165) is 18.4 Å². The van der Waals surface area contributed by atoms with Crippen molar-refractivity contribution < 1.29 is 14.7 Å². The first-order chi connectivity index (χ1) is 13.1. The molecule has 0 aliphatic carbocycles. The number of carbonyl (C=O) groups excluding carboxylic acids is 1. The van der Waals surface area contributed by atoms with Crippen molar-refractivity contribution in [1.29, 1.82) is 0 Å². The summed E-state index contributed by atoms with van der Waals surface area (Å²) in [4.78, 5) is 27.1. The third-order valence-electron chi connectivity index (χ3n) is 3.95. The Hall–Kier alpha value is -2.97. The lowest BCUT2D eigenvalue weighted by Gasteiger charge is -2.14. The quantitative estimate of drug-likeness (QED) is 0.408. The van der Waals surface area contributed by atoms with Crippen LogP contribution in [0.5, 0.6) is 0 Å². The molecule has 1 heterocycles. The van der Waals surface area contributed by atoms with Crippen LogP contribution in [-0.4, -0.2) is 34.7 Å². The number of carboxylic acid groups (broad SMARTS) is 1. The van der Waals surface area contributed by atoms with E-state index in [9.17, 15) is 14.7 Å². The minimum atomic E-state index is -0.863. The van der Waals surface area contributed by atoms with Crippen LogP contribution >= 0.6 is 0 Å². The number of aliphatic carboxylic acids is 1. The summed E-state index contributed by atoms with van der Waals surface area (Å²) in [5.74, 6) is -0.863. The lowest BCUT2D eigenvalue weighted by molar-refractivity contribution is -0.139. The molecule has 0 saturated heterocycles. The Morgan fingerprint density at radius 1 is 1.00 bits per heavy atom. The Kier molecular flexibility index (Phi) is 8.21. The highest BCUT2D eigenvalue weighted by Gasteiger charge is 2.15. The van der Waals surface area contributed by atoms with Gasteiger partial charge in [-0.2, -0.15) is 0 Å². The van der Waals surface area contributed by atoms with Crippen molar-refractivity contribution in [3.05, 3.63) is 54.4 Å². The van der Waals surface area contributed by atoms with Gasteiger partial charge in [0.15, 0.2) is 0 Å². The van der Waals surface area contributed by atoms with E-state index in [1.54, 1.807) is 36.7 Å². The molecule has 0 saturated carbocycles. The number of benzene rings is 1. The summed E-state index contributed by atoms with van der Waals surface area (Å²) in [6.07, 6.45) is 5.32. The Labute approximate surface area is 158 Å². The van der Waals surface area contributed by atoms with Crippen molar-refractivity contribution in [3.63, 3.8) is 0 Å². The zero-order valence-corrected chi connectivity index (χ0v) is 15.0. The molecular weight excluding hydrogens is 346 g/mol. The minimum Gasteiger partial charge on any atom is -0.480 e. The molecule has 1 aromatic carbocycles. The number of unbranched alkanes of at least 4 members (excludes halogenated alkanes) is 1. The van der Waals surface area contributed by atoms with E-state index < -0.39 is 12.0 Å². The van der Waals surface area contributed by atoms with Gasteiger partial charge in [0.1, 0.15) is 6.04 Å². The predicted molar refractivity (Wildman–Crippen MR) is 104 cm³/mol. The van der Waals surface area contributed by atoms with E-state index in [-0.39, 0.29) is 6.03 Å². The fraction of sp³-hybridized carbons (Fsp3) is 0.316. The molecule has 2 aromatic rings. The Morgan fingerprint density at radius 2 is 1.63 bits per heavy atom. The van der Waals surface area contributed by atoms with Crippen molar-refractivity contribution in [2.75, 3.05) is 17.2 Å². The number of hydrogen-bond acceptors (Lipinski definition) is 5. The Balaban J connectivity index is 1.81. The number of rotatable bonds is 10. The maximum absolute atomic E-state index is 12.0. The molecule has 0 spiro atoms. The van der Waals surface area contributed by atoms with Gasteiger partial charge < -0.3 is 26.8 Å². The molecule has 2 amide bonds. The molecule has 1 atom stereocenters. The standard InChI is InChI=1S/C19H25N5O3/c20-10-2-1-3-17(18(25)26)22-13-14-4-6-15(7-5-14)23-19(27)24-16-8-11-21-12-9-16/h4-9,11-12,17,22H,1-3,10,13,20H2,(H,25,26)(H2,21,23,24,27)/t17-/m0/s1. The third kappa shape index (κ3) is 7.43. The molecule has 144 valence electrons. The van der Waals surface area contributed by atoms with E-state index in [0.29, 0.717) is 30.9 Å². The summed E-state index contributed by atoms with van der Waals surface area (Å²) >= 11 is 0. The molecule has 6 N–H and O–H groups in total. The van der Waals surface area contributed by atoms with Gasteiger partial charge in [-0.3, -0.25) is 9.78 Å². The van der Waals surface area contributed by atoms with Gasteiger partial charge in [0, 0.05) is 30.3 Å². The van der Waals surface area contributed by atoms with Crippen LogP contribution in [0.25, 0.3) is 0 Å². The second-order valence-electron chi connectivity index (χ2n) is 6.07. The number of hydrogen-bond donors (Lipinski definition) is 5. The van der Waals surface area contributed by atoms with Crippen molar-refractivity contribution in [2.45, 2.75) is 31.8 Å². The molecule has 27 heavy (non-hydrogen) atoms. The van der Waals surface area contributed by atoms with Gasteiger partial charge in [-0.05, 0) is 49.2 Å². The first kappa shape index (κ1) is 20.3. The van der Waals surface area contributed by atoms with Gasteiger partial charge >= 0.3 is 12.0 Å². The van der Waals surface area contributed by atoms with Crippen molar-refractivity contribution in [2.24, 2.45) is 5.73 Å². The third-order valence-corrected chi connectivity index (χ3v) is 3.95. The van der Waals surface area contributed by atoms with Crippen molar-refractivity contribution >= 4 is 23.4 Å². The summed E-state index contributed by atoms with van der Waals surface area (Å²) in [5.41, 5.74) is 7.67. The number of aromatic nitrogens is 1. The van der Waals surface area contributed by atoms with Crippen LogP contribution in [0.2, 0.25) is 0 Å². The predicted octanol–water partition coefficient (Wildman–Crippen LogP) is 2.40. The van der Waals surface area contributed by atoms with Gasteiger partial charge in [0.25, 0.3) is 0 Å². The average Bonchev–Trinajstić information content (AvgIpc) is 2.66. The molecule has 2 rings (SSSR count). The molecule has 0 bridgehead atoms. The zero-order valence-electron chi connectivity index (χ0n) is 15.0. The Morgan fingerprint density at radius 3 is 2.22 bits per heavy atom. The average molecular weight is 371 g/mol. The summed E-state index contributed by atoms with van der Waals surface area (Å²) < 4.78 is 0. The highest BCUT2D eigenvalue weighted by atomic mass is 16.4. The first-order valence-electron chi connectivity index (χ1n) is 8.81. The molecular formula is C19H25N5O3. The molecule has 1 aromatic heterocycles. The second-order valence-corrected chi connectivity index (χ2v) is 6.07. The van der Waals surface area contributed by atoms with Gasteiger partial charge in [-0.1, -0.05) is 18.6 Å². The van der Waals surface area contributed by atoms with Crippen LogP contribution in [0.4, 0.5) is 16.2 Å². The van der Waals surface area contributed by atoms with E-state index in [1.807, 2.05) is 12.1 Å². The minimum absolute atomic E-state index is 0.349. The number of pyridine rings is 1. The molecule has 8 nitrogen and oxygen atoms in total. The van der Waals surface area contributed by atoms with E-state index >= 15 is 0 Å². The highest BCUT2D eigenvalue weighted by molar-refractivity contribution is 5.99. The van der Waals surface area contributed by atoms with Crippen LogP contribution in [0.15, 0.2) is 48.8 Å². The molecule has 0 unspecified atom stereocenters. The number of anilines is 2. The normalized spacial score (nSPS) is 11.6. The van der Waals surface area contributed by atoms with E-state index in [1.165, 1.54) is 0 Å². The summed E-state index contributed by atoms with van der Waals surface area (Å²) in [7, 11) is 0. The van der Waals surface area contributed by atoms with Crippen molar-refractivity contribution in [1.82, 2.24) is 10.3 Å². The maximum Gasteiger partial charge on any atom is 0.323 e. The largest absolute Gasteiger partial charge is 0.480 e. The molecule has 8 heteroatoms. The number of nitrogens with one attached hydrogen (secondary N) is 3. The lowest BCUT2D eigenvalue weighted by atomic mass is 10.1. The van der Waals surface area contributed by atoms with Crippen LogP contribution < -0.4 is 21.7 Å². The molecule has 0 fully saturated rings. The summed E-state index contributed by atoms with van der Waals surface area (Å²) in [6, 6.07) is 9.67.